The summed E-state index contributed by atoms with van der Waals surface area (Å²) in [6, 6.07) is 8.03. The van der Waals surface area contributed by atoms with Crippen LogP contribution in [-0.4, -0.2) is 26.5 Å². The van der Waals surface area contributed by atoms with E-state index in [1.807, 2.05) is 24.3 Å². The second kappa shape index (κ2) is 6.43. The fourth-order valence-corrected chi connectivity index (χ4v) is 2.13. The Bertz CT molecular complexity index is 753. The van der Waals surface area contributed by atoms with Gasteiger partial charge in [-0.3, -0.25) is 0 Å². The van der Waals surface area contributed by atoms with Gasteiger partial charge >= 0.3 is 0 Å². The van der Waals surface area contributed by atoms with Gasteiger partial charge in [-0.05, 0) is 12.0 Å². The lowest BCUT2D eigenvalue weighted by Crippen LogP contribution is -2.08. The number of fused-ring (bicyclic) bond motifs is 1. The van der Waals surface area contributed by atoms with Crippen molar-refractivity contribution in [3.63, 3.8) is 0 Å². The number of aromatic nitrogens is 4. The number of imidazole rings is 1. The van der Waals surface area contributed by atoms with Crippen molar-refractivity contribution in [1.82, 2.24) is 19.9 Å². The summed E-state index contributed by atoms with van der Waals surface area (Å²) in [6.45, 7) is 5.60. The van der Waals surface area contributed by atoms with Crippen LogP contribution in [0.1, 0.15) is 19.4 Å². The first-order valence-electron chi connectivity index (χ1n) is 7.32. The molecule has 22 heavy (non-hydrogen) atoms. The van der Waals surface area contributed by atoms with Gasteiger partial charge in [-0.15, -0.1) is 0 Å². The van der Waals surface area contributed by atoms with Crippen molar-refractivity contribution in [3.05, 3.63) is 42.5 Å². The number of benzene rings is 1. The number of H-pyrrole nitrogens is 1. The maximum absolute atomic E-state index is 5.87. The lowest BCUT2D eigenvalue weighted by molar-refractivity contribution is 0.269. The Labute approximate surface area is 129 Å². The maximum Gasteiger partial charge on any atom is 0.182 e. The molecule has 0 aliphatic heterocycles. The first kappa shape index (κ1) is 14.3. The van der Waals surface area contributed by atoms with Crippen molar-refractivity contribution in [3.8, 4) is 5.75 Å². The molecule has 0 aliphatic carbocycles. The Morgan fingerprint density at radius 3 is 2.91 bits per heavy atom. The Morgan fingerprint density at radius 2 is 2.05 bits per heavy atom. The van der Waals surface area contributed by atoms with Crippen LogP contribution in [0.15, 0.2) is 36.9 Å². The highest BCUT2D eigenvalue weighted by Gasteiger charge is 2.08. The van der Waals surface area contributed by atoms with Gasteiger partial charge in [0.2, 0.25) is 0 Å². The SMILES string of the molecule is CC(C)COc1ccccc1CNc1ncnc2nc[nH]c12. The third kappa shape index (κ3) is 3.16. The Kier molecular flexibility index (Phi) is 4.18. The van der Waals surface area contributed by atoms with E-state index < -0.39 is 0 Å². The topological polar surface area (TPSA) is 75.7 Å². The maximum atomic E-state index is 5.87. The molecule has 6 heteroatoms. The Balaban J connectivity index is 1.75. The van der Waals surface area contributed by atoms with Crippen LogP contribution in [0.5, 0.6) is 5.75 Å². The van der Waals surface area contributed by atoms with Crippen LogP contribution in [-0.2, 0) is 6.54 Å². The van der Waals surface area contributed by atoms with E-state index in [1.54, 1.807) is 6.33 Å². The van der Waals surface area contributed by atoms with Gasteiger partial charge in [0, 0.05) is 12.1 Å². The molecule has 3 rings (SSSR count). The second-order valence-electron chi connectivity index (χ2n) is 5.49. The second-order valence-corrected chi connectivity index (χ2v) is 5.49. The third-order valence-corrected chi connectivity index (χ3v) is 3.21. The first-order valence-corrected chi connectivity index (χ1v) is 7.32. The fraction of sp³-hybridized carbons (Fsp3) is 0.312. The van der Waals surface area contributed by atoms with Crippen molar-refractivity contribution < 1.29 is 4.74 Å². The van der Waals surface area contributed by atoms with Crippen molar-refractivity contribution in [1.29, 1.82) is 0 Å². The normalized spacial score (nSPS) is 11.0. The average Bonchev–Trinajstić information content (AvgIpc) is 3.00. The van der Waals surface area contributed by atoms with Crippen LogP contribution in [0.4, 0.5) is 5.82 Å². The molecule has 114 valence electrons. The third-order valence-electron chi connectivity index (χ3n) is 3.21. The Hall–Kier alpha value is -2.63. The zero-order chi connectivity index (χ0) is 15.4. The van der Waals surface area contributed by atoms with Gasteiger partial charge in [-0.1, -0.05) is 32.0 Å². The molecule has 2 aromatic heterocycles. The van der Waals surface area contributed by atoms with E-state index in [-0.39, 0.29) is 0 Å². The molecule has 3 aromatic rings. The van der Waals surface area contributed by atoms with Gasteiger partial charge in [0.25, 0.3) is 0 Å². The lowest BCUT2D eigenvalue weighted by Gasteiger charge is -2.14. The molecule has 0 radical (unpaired) electrons. The quantitative estimate of drug-likeness (QED) is 0.731. The highest BCUT2D eigenvalue weighted by atomic mass is 16.5. The predicted octanol–water partition coefficient (Wildman–Crippen LogP) is 3.00. The van der Waals surface area contributed by atoms with Gasteiger partial charge in [-0.25, -0.2) is 15.0 Å². The number of hydrogen-bond donors (Lipinski definition) is 2. The molecule has 0 unspecified atom stereocenters. The first-order chi connectivity index (χ1) is 10.7. The summed E-state index contributed by atoms with van der Waals surface area (Å²) >= 11 is 0. The average molecular weight is 297 g/mol. The highest BCUT2D eigenvalue weighted by Crippen LogP contribution is 2.21. The number of anilines is 1. The van der Waals surface area contributed by atoms with Crippen LogP contribution in [0.3, 0.4) is 0 Å². The number of para-hydroxylation sites is 1. The van der Waals surface area contributed by atoms with Crippen LogP contribution in [0.2, 0.25) is 0 Å². The van der Waals surface area contributed by atoms with Crippen LogP contribution in [0, 0.1) is 5.92 Å². The molecule has 0 aliphatic rings. The molecular weight excluding hydrogens is 278 g/mol. The molecule has 2 heterocycles. The standard InChI is InChI=1S/C16H19N5O/c1-11(2)8-22-13-6-4-3-5-12(13)7-17-15-14-16(19-9-18-14)21-10-20-15/h3-6,9-11H,7-8H2,1-2H3,(H2,17,18,19,20,21). The van der Waals surface area contributed by atoms with Gasteiger partial charge < -0.3 is 15.0 Å². The predicted molar refractivity (Wildman–Crippen MR) is 85.8 cm³/mol. The number of aromatic amines is 1. The van der Waals surface area contributed by atoms with Gasteiger partial charge in [0.05, 0.1) is 12.9 Å². The summed E-state index contributed by atoms with van der Waals surface area (Å²) in [7, 11) is 0. The molecular formula is C16H19N5O. The highest BCUT2D eigenvalue weighted by molar-refractivity contribution is 5.81. The molecule has 2 N–H and O–H groups in total. The summed E-state index contributed by atoms with van der Waals surface area (Å²) in [5, 5.41) is 3.32. The fourth-order valence-electron chi connectivity index (χ4n) is 2.13. The largest absolute Gasteiger partial charge is 0.493 e. The molecule has 0 saturated heterocycles. The molecule has 1 aromatic carbocycles. The minimum atomic E-state index is 0.493. The minimum absolute atomic E-state index is 0.493. The van der Waals surface area contributed by atoms with Gasteiger partial charge in [0.15, 0.2) is 11.5 Å². The van der Waals surface area contributed by atoms with Crippen molar-refractivity contribution in [2.75, 3.05) is 11.9 Å². The number of nitrogens with zero attached hydrogens (tertiary/aromatic N) is 3. The monoisotopic (exact) mass is 297 g/mol. The van der Waals surface area contributed by atoms with Crippen LogP contribution >= 0.6 is 0 Å². The van der Waals surface area contributed by atoms with E-state index in [1.165, 1.54) is 6.33 Å². The Morgan fingerprint density at radius 1 is 1.18 bits per heavy atom. The molecule has 0 saturated carbocycles. The van der Waals surface area contributed by atoms with E-state index >= 15 is 0 Å². The summed E-state index contributed by atoms with van der Waals surface area (Å²) in [4.78, 5) is 15.5. The molecule has 0 spiro atoms. The number of nitrogens with one attached hydrogen (secondary N) is 2. The molecule has 0 amide bonds. The van der Waals surface area contributed by atoms with E-state index in [4.69, 9.17) is 4.74 Å². The number of ether oxygens (including phenoxy) is 1. The zero-order valence-electron chi connectivity index (χ0n) is 12.7. The summed E-state index contributed by atoms with van der Waals surface area (Å²) in [5.41, 5.74) is 2.55. The molecule has 6 nitrogen and oxygen atoms in total. The molecule has 0 bridgehead atoms. The van der Waals surface area contributed by atoms with Crippen LogP contribution < -0.4 is 10.1 Å². The smallest absolute Gasteiger partial charge is 0.182 e. The molecule has 0 atom stereocenters. The minimum Gasteiger partial charge on any atom is -0.493 e. The van der Waals surface area contributed by atoms with Crippen LogP contribution in [0.25, 0.3) is 11.2 Å². The van der Waals surface area contributed by atoms with E-state index in [0.717, 1.165) is 22.6 Å². The van der Waals surface area contributed by atoms with Crippen molar-refractivity contribution in [2.24, 2.45) is 5.92 Å². The lowest BCUT2D eigenvalue weighted by atomic mass is 10.2. The van der Waals surface area contributed by atoms with E-state index in [0.29, 0.717) is 24.7 Å². The van der Waals surface area contributed by atoms with Gasteiger partial charge in [-0.2, -0.15) is 0 Å². The van der Waals surface area contributed by atoms with E-state index in [9.17, 15) is 0 Å². The summed E-state index contributed by atoms with van der Waals surface area (Å²) in [6.07, 6.45) is 3.12. The number of rotatable bonds is 6. The van der Waals surface area contributed by atoms with E-state index in [2.05, 4.69) is 39.1 Å². The number of hydrogen-bond acceptors (Lipinski definition) is 5. The van der Waals surface area contributed by atoms with Crippen molar-refractivity contribution >= 4 is 17.0 Å². The van der Waals surface area contributed by atoms with Gasteiger partial charge in [0.1, 0.15) is 17.6 Å². The zero-order valence-corrected chi connectivity index (χ0v) is 12.7. The van der Waals surface area contributed by atoms with Crippen molar-refractivity contribution in [2.45, 2.75) is 20.4 Å². The molecule has 0 fully saturated rings. The summed E-state index contributed by atoms with van der Waals surface area (Å²) in [5.74, 6) is 2.13. The summed E-state index contributed by atoms with van der Waals surface area (Å²) < 4.78 is 5.87.